The Labute approximate surface area is 137 Å². The molecule has 0 radical (unpaired) electrons. The molecule has 3 rings (SSSR count). The highest BCUT2D eigenvalue weighted by Crippen LogP contribution is 2.30. The smallest absolute Gasteiger partial charge is 0.330 e. The van der Waals surface area contributed by atoms with Gasteiger partial charge in [0.2, 0.25) is 0 Å². The lowest BCUT2D eigenvalue weighted by atomic mass is 9.84. The predicted octanol–water partition coefficient (Wildman–Crippen LogP) is 3.52. The molecule has 3 heterocycles. The first-order chi connectivity index (χ1) is 10.3. The van der Waals surface area contributed by atoms with E-state index in [9.17, 15) is 4.79 Å². The number of carbonyl (C=O) groups excluding carboxylic acids is 1. The number of piperidine rings is 2. The van der Waals surface area contributed by atoms with Crippen molar-refractivity contribution < 1.29 is 13.9 Å². The topological polar surface area (TPSA) is 42.7 Å². The van der Waals surface area contributed by atoms with Crippen LogP contribution in [-0.2, 0) is 9.53 Å². The Hall–Kier alpha value is -1.26. The van der Waals surface area contributed by atoms with Crippen molar-refractivity contribution in [2.75, 3.05) is 19.7 Å². The zero-order valence-corrected chi connectivity index (χ0v) is 13.6. The van der Waals surface area contributed by atoms with Crippen molar-refractivity contribution in [3.63, 3.8) is 0 Å². The van der Waals surface area contributed by atoms with Gasteiger partial charge in [0.15, 0.2) is 0 Å². The summed E-state index contributed by atoms with van der Waals surface area (Å²) in [5.74, 6) is 0.891. The van der Waals surface area contributed by atoms with Crippen molar-refractivity contribution in [1.82, 2.24) is 4.90 Å². The van der Waals surface area contributed by atoms with E-state index < -0.39 is 0 Å². The third-order valence-electron chi connectivity index (χ3n) is 4.60. The second-order valence-corrected chi connectivity index (χ2v) is 5.98. The minimum atomic E-state index is -0.278. The molecule has 2 atom stereocenters. The van der Waals surface area contributed by atoms with Gasteiger partial charge >= 0.3 is 5.97 Å². The van der Waals surface area contributed by atoms with Gasteiger partial charge in [0, 0.05) is 18.0 Å². The number of nitrogens with zero attached hydrogens (tertiary/aromatic N) is 1. The van der Waals surface area contributed by atoms with Gasteiger partial charge in [-0.2, -0.15) is 0 Å². The van der Waals surface area contributed by atoms with Crippen LogP contribution in [0.3, 0.4) is 0 Å². The highest BCUT2D eigenvalue weighted by Gasteiger charge is 2.33. The van der Waals surface area contributed by atoms with Crippen molar-refractivity contribution in [3.8, 4) is 0 Å². The van der Waals surface area contributed by atoms with Crippen molar-refractivity contribution in [1.29, 1.82) is 0 Å². The fourth-order valence-electron chi connectivity index (χ4n) is 3.55. The molecule has 4 nitrogen and oxygen atoms in total. The van der Waals surface area contributed by atoms with Gasteiger partial charge in [-0.3, -0.25) is 4.90 Å². The Morgan fingerprint density at radius 3 is 3.00 bits per heavy atom. The number of hydrogen-bond acceptors (Lipinski definition) is 4. The van der Waals surface area contributed by atoms with Gasteiger partial charge < -0.3 is 9.15 Å². The van der Waals surface area contributed by atoms with Gasteiger partial charge in [0.1, 0.15) is 5.76 Å². The summed E-state index contributed by atoms with van der Waals surface area (Å²) in [4.78, 5) is 14.4. The standard InChI is InChI=1S/C17H23NO3.ClH/c19-17(9-8-15-6-4-12-20-15)21-13-14-5-3-11-18-10-2-1-7-16(14)18;/h4,6,8-9,12,14,16H,1-3,5,7,10-11,13H2;1H/b9-8+;. The Balaban J connectivity index is 0.00000176. The molecular formula is C17H24ClNO3. The molecule has 22 heavy (non-hydrogen) atoms. The normalized spacial score (nSPS) is 25.5. The van der Waals surface area contributed by atoms with E-state index in [4.69, 9.17) is 9.15 Å². The van der Waals surface area contributed by atoms with Gasteiger partial charge in [-0.05, 0) is 57.0 Å². The van der Waals surface area contributed by atoms with E-state index in [-0.39, 0.29) is 18.4 Å². The van der Waals surface area contributed by atoms with Crippen LogP contribution in [0, 0.1) is 5.92 Å². The molecule has 0 spiro atoms. The number of esters is 1. The molecule has 2 unspecified atom stereocenters. The highest BCUT2D eigenvalue weighted by molar-refractivity contribution is 5.86. The largest absolute Gasteiger partial charge is 0.465 e. The molecule has 0 saturated carbocycles. The fraction of sp³-hybridized carbons (Fsp3) is 0.588. The first kappa shape index (κ1) is 17.1. The minimum absolute atomic E-state index is 0. The Morgan fingerprint density at radius 2 is 2.18 bits per heavy atom. The molecule has 0 N–H and O–H groups in total. The van der Waals surface area contributed by atoms with E-state index in [1.165, 1.54) is 51.3 Å². The molecular weight excluding hydrogens is 302 g/mol. The number of halogens is 1. The summed E-state index contributed by atoms with van der Waals surface area (Å²) in [5.41, 5.74) is 0. The lowest BCUT2D eigenvalue weighted by molar-refractivity contribution is -0.140. The third kappa shape index (κ3) is 4.37. The molecule has 0 aromatic carbocycles. The Morgan fingerprint density at radius 1 is 1.32 bits per heavy atom. The molecule has 2 aliphatic rings. The average molecular weight is 326 g/mol. The predicted molar refractivity (Wildman–Crippen MR) is 87.9 cm³/mol. The lowest BCUT2D eigenvalue weighted by Gasteiger charge is -2.44. The van der Waals surface area contributed by atoms with Crippen molar-refractivity contribution in [2.45, 2.75) is 38.1 Å². The van der Waals surface area contributed by atoms with E-state index in [0.29, 0.717) is 24.3 Å². The molecule has 0 amide bonds. The quantitative estimate of drug-likeness (QED) is 0.627. The first-order valence-electron chi connectivity index (χ1n) is 7.95. The van der Waals surface area contributed by atoms with Crippen molar-refractivity contribution in [3.05, 3.63) is 30.2 Å². The zero-order valence-electron chi connectivity index (χ0n) is 12.8. The summed E-state index contributed by atoms with van der Waals surface area (Å²) >= 11 is 0. The van der Waals surface area contributed by atoms with Crippen LogP contribution in [0.2, 0.25) is 0 Å². The molecule has 2 aliphatic heterocycles. The molecule has 122 valence electrons. The molecule has 2 saturated heterocycles. The molecule has 0 bridgehead atoms. The molecule has 1 aromatic rings. The maximum absolute atomic E-state index is 11.8. The van der Waals surface area contributed by atoms with E-state index >= 15 is 0 Å². The second kappa shape index (κ2) is 8.39. The van der Waals surface area contributed by atoms with Crippen LogP contribution in [0.25, 0.3) is 6.08 Å². The van der Waals surface area contributed by atoms with E-state index in [1.54, 1.807) is 18.4 Å². The summed E-state index contributed by atoms with van der Waals surface area (Å²) in [5, 5.41) is 0. The molecule has 2 fully saturated rings. The van der Waals surface area contributed by atoms with Gasteiger partial charge in [-0.25, -0.2) is 4.79 Å². The Kier molecular flexibility index (Phi) is 6.52. The summed E-state index contributed by atoms with van der Waals surface area (Å²) in [6.07, 6.45) is 11.0. The van der Waals surface area contributed by atoms with Gasteiger partial charge in [0.05, 0.1) is 12.9 Å². The number of rotatable bonds is 4. The van der Waals surface area contributed by atoms with Crippen LogP contribution in [0.5, 0.6) is 0 Å². The van der Waals surface area contributed by atoms with Gasteiger partial charge in [0.25, 0.3) is 0 Å². The van der Waals surface area contributed by atoms with Crippen molar-refractivity contribution in [2.24, 2.45) is 5.92 Å². The number of ether oxygens (including phenoxy) is 1. The number of fused-ring (bicyclic) bond motifs is 1. The number of carbonyl (C=O) groups is 1. The lowest BCUT2D eigenvalue weighted by Crippen LogP contribution is -2.49. The maximum Gasteiger partial charge on any atom is 0.330 e. The van der Waals surface area contributed by atoms with Crippen LogP contribution in [0.1, 0.15) is 37.9 Å². The van der Waals surface area contributed by atoms with Gasteiger partial charge in [-0.15, -0.1) is 12.4 Å². The second-order valence-electron chi connectivity index (χ2n) is 5.98. The summed E-state index contributed by atoms with van der Waals surface area (Å²) in [6, 6.07) is 4.23. The molecule has 5 heteroatoms. The summed E-state index contributed by atoms with van der Waals surface area (Å²) < 4.78 is 10.6. The van der Waals surface area contributed by atoms with Crippen LogP contribution >= 0.6 is 12.4 Å². The van der Waals surface area contributed by atoms with Crippen LogP contribution in [0.15, 0.2) is 28.9 Å². The van der Waals surface area contributed by atoms with Crippen molar-refractivity contribution >= 4 is 24.5 Å². The third-order valence-corrected chi connectivity index (χ3v) is 4.60. The van der Waals surface area contributed by atoms with E-state index in [0.717, 1.165) is 0 Å². The number of hydrogen-bond donors (Lipinski definition) is 0. The SMILES string of the molecule is Cl.O=C(/C=C/c1ccco1)OCC1CCCN2CCCCC12. The monoisotopic (exact) mass is 325 g/mol. The first-order valence-corrected chi connectivity index (χ1v) is 7.95. The van der Waals surface area contributed by atoms with E-state index in [2.05, 4.69) is 4.90 Å². The van der Waals surface area contributed by atoms with Crippen LogP contribution < -0.4 is 0 Å². The zero-order chi connectivity index (χ0) is 14.5. The summed E-state index contributed by atoms with van der Waals surface area (Å²) in [7, 11) is 0. The Bertz CT molecular complexity index is 484. The highest BCUT2D eigenvalue weighted by atomic mass is 35.5. The van der Waals surface area contributed by atoms with Gasteiger partial charge in [-0.1, -0.05) is 6.42 Å². The van der Waals surface area contributed by atoms with Crippen LogP contribution in [0.4, 0.5) is 0 Å². The molecule has 1 aromatic heterocycles. The fourth-order valence-corrected chi connectivity index (χ4v) is 3.55. The van der Waals surface area contributed by atoms with E-state index in [1.807, 2.05) is 6.07 Å². The van der Waals surface area contributed by atoms with Crippen LogP contribution in [-0.4, -0.2) is 36.6 Å². The number of furan rings is 1. The summed E-state index contributed by atoms with van der Waals surface area (Å²) in [6.45, 7) is 2.98. The molecule has 0 aliphatic carbocycles. The average Bonchev–Trinajstić information content (AvgIpc) is 3.04. The maximum atomic E-state index is 11.8. The minimum Gasteiger partial charge on any atom is -0.465 e.